The fraction of sp³-hybridized carbons (Fsp3) is 0.250. The van der Waals surface area contributed by atoms with Gasteiger partial charge in [-0.2, -0.15) is 5.10 Å². The first kappa shape index (κ1) is 18.2. The number of hydrogen-bond acceptors (Lipinski definition) is 3. The van der Waals surface area contributed by atoms with E-state index in [-0.39, 0.29) is 5.69 Å². The molecule has 2 aromatic carbocycles. The number of H-pyrrole nitrogens is 1. The van der Waals surface area contributed by atoms with Crippen LogP contribution in [0.1, 0.15) is 12.1 Å². The Hall–Kier alpha value is -3.58. The maximum Gasteiger partial charge on any atom is 0.348 e. The summed E-state index contributed by atoms with van der Waals surface area (Å²) in [5, 5.41) is 9.35. The minimum atomic E-state index is -0.228. The summed E-state index contributed by atoms with van der Waals surface area (Å²) in [6, 6.07) is 18.6. The molecule has 0 bridgehead atoms. The molecule has 7 heteroatoms. The van der Waals surface area contributed by atoms with Crippen molar-refractivity contribution in [3.8, 4) is 17.2 Å². The molecule has 3 aromatic heterocycles. The van der Waals surface area contributed by atoms with Crippen LogP contribution in [0.3, 0.4) is 0 Å². The van der Waals surface area contributed by atoms with Crippen molar-refractivity contribution in [2.75, 3.05) is 6.54 Å². The number of hydrogen-bond donors (Lipinski definition) is 2. The van der Waals surface area contributed by atoms with E-state index in [1.807, 2.05) is 25.2 Å². The Morgan fingerprint density at radius 1 is 1.13 bits per heavy atom. The normalized spacial score (nSPS) is 16.3. The van der Waals surface area contributed by atoms with Crippen molar-refractivity contribution < 1.29 is 0 Å². The lowest BCUT2D eigenvalue weighted by Crippen LogP contribution is -2.27. The van der Waals surface area contributed by atoms with Crippen LogP contribution < -0.4 is 11.4 Å². The molecule has 1 aliphatic heterocycles. The van der Waals surface area contributed by atoms with Crippen molar-refractivity contribution in [1.29, 1.82) is 0 Å². The van der Waals surface area contributed by atoms with Crippen molar-refractivity contribution in [3.05, 3.63) is 70.8 Å². The second-order valence-electron chi connectivity index (χ2n) is 8.39. The van der Waals surface area contributed by atoms with E-state index in [1.54, 1.807) is 4.57 Å². The Kier molecular flexibility index (Phi) is 3.94. The minimum absolute atomic E-state index is 0.228. The van der Waals surface area contributed by atoms with Crippen LogP contribution in [0.5, 0.6) is 0 Å². The van der Waals surface area contributed by atoms with Gasteiger partial charge in [-0.05, 0) is 43.5 Å². The zero-order chi connectivity index (χ0) is 21.1. The minimum Gasteiger partial charge on any atom is -0.343 e. The first-order valence-electron chi connectivity index (χ1n) is 10.7. The molecule has 7 nitrogen and oxygen atoms in total. The van der Waals surface area contributed by atoms with Crippen LogP contribution in [-0.2, 0) is 20.0 Å². The third-order valence-electron chi connectivity index (χ3n) is 6.70. The number of benzene rings is 2. The van der Waals surface area contributed by atoms with Crippen LogP contribution in [0.4, 0.5) is 0 Å². The Balaban J connectivity index is 1.67. The van der Waals surface area contributed by atoms with E-state index in [9.17, 15) is 4.79 Å². The maximum absolute atomic E-state index is 13.1. The standard InChI is InChI=1S/C24H24N6O/c1-28-18-8-4-2-6-16(18)13-21(28)23-26-27-24(31)30(23)22-17-7-3-5-9-19(17)29-11-10-15(14-25)12-20(22)29/h2-9,13,15H,10-12,14,25H2,1H3,(H,27,31). The molecule has 1 aliphatic rings. The highest BCUT2D eigenvalue weighted by molar-refractivity contribution is 5.92. The molecule has 1 unspecified atom stereocenters. The molecule has 0 saturated carbocycles. The largest absolute Gasteiger partial charge is 0.348 e. The predicted octanol–water partition coefficient (Wildman–Crippen LogP) is 3.20. The molecule has 0 aliphatic carbocycles. The van der Waals surface area contributed by atoms with E-state index in [2.05, 4.69) is 55.7 Å². The molecule has 31 heavy (non-hydrogen) atoms. The number of aryl methyl sites for hydroxylation is 2. The van der Waals surface area contributed by atoms with Crippen LogP contribution in [0.25, 0.3) is 39.0 Å². The molecular formula is C24H24N6O. The molecule has 0 spiro atoms. The fourth-order valence-corrected chi connectivity index (χ4v) is 5.12. The van der Waals surface area contributed by atoms with Crippen molar-refractivity contribution >= 4 is 21.8 Å². The number of para-hydroxylation sites is 2. The summed E-state index contributed by atoms with van der Waals surface area (Å²) in [4.78, 5) is 13.1. The molecule has 6 rings (SSSR count). The van der Waals surface area contributed by atoms with E-state index >= 15 is 0 Å². The highest BCUT2D eigenvalue weighted by atomic mass is 16.1. The summed E-state index contributed by atoms with van der Waals surface area (Å²) in [6.07, 6.45) is 1.91. The maximum atomic E-state index is 13.1. The van der Waals surface area contributed by atoms with Gasteiger partial charge in [0, 0.05) is 35.6 Å². The molecule has 4 heterocycles. The molecule has 0 amide bonds. The molecule has 3 N–H and O–H groups in total. The molecule has 156 valence electrons. The summed E-state index contributed by atoms with van der Waals surface area (Å²) in [5.74, 6) is 1.04. The van der Waals surface area contributed by atoms with Crippen LogP contribution >= 0.6 is 0 Å². The van der Waals surface area contributed by atoms with E-state index in [4.69, 9.17) is 5.73 Å². The molecule has 0 saturated heterocycles. The zero-order valence-electron chi connectivity index (χ0n) is 17.4. The van der Waals surface area contributed by atoms with E-state index in [1.165, 1.54) is 0 Å². The van der Waals surface area contributed by atoms with Gasteiger partial charge in [0.25, 0.3) is 0 Å². The Morgan fingerprint density at radius 2 is 1.90 bits per heavy atom. The van der Waals surface area contributed by atoms with Gasteiger partial charge in [0.05, 0.1) is 16.9 Å². The third kappa shape index (κ3) is 2.56. The van der Waals surface area contributed by atoms with Gasteiger partial charge in [-0.3, -0.25) is 0 Å². The number of fused-ring (bicyclic) bond motifs is 4. The Bertz CT molecular complexity index is 1500. The zero-order valence-corrected chi connectivity index (χ0v) is 17.4. The number of nitrogens with zero attached hydrogens (tertiary/aromatic N) is 4. The Labute approximate surface area is 178 Å². The quantitative estimate of drug-likeness (QED) is 0.477. The first-order valence-corrected chi connectivity index (χ1v) is 10.7. The van der Waals surface area contributed by atoms with Gasteiger partial charge < -0.3 is 14.9 Å². The van der Waals surface area contributed by atoms with E-state index in [0.29, 0.717) is 18.3 Å². The first-order chi connectivity index (χ1) is 15.2. The van der Waals surface area contributed by atoms with Gasteiger partial charge in [0.2, 0.25) is 0 Å². The predicted molar refractivity (Wildman–Crippen MR) is 122 cm³/mol. The summed E-state index contributed by atoms with van der Waals surface area (Å²) < 4.78 is 6.19. The monoisotopic (exact) mass is 412 g/mol. The van der Waals surface area contributed by atoms with Gasteiger partial charge in [-0.1, -0.05) is 36.4 Å². The van der Waals surface area contributed by atoms with Crippen LogP contribution in [0, 0.1) is 5.92 Å². The summed E-state index contributed by atoms with van der Waals surface area (Å²) in [7, 11) is 2.01. The third-order valence-corrected chi connectivity index (χ3v) is 6.70. The number of aromatic amines is 1. The van der Waals surface area contributed by atoms with Crippen LogP contribution in [0.2, 0.25) is 0 Å². The average Bonchev–Trinajstić information content (AvgIpc) is 3.44. The SMILES string of the molecule is Cn1c(-c2n[nH]c(=O)n2-c2c3n(c4ccccc24)CCC(CN)C3)cc2ccccc21. The smallest absolute Gasteiger partial charge is 0.343 e. The van der Waals surface area contributed by atoms with Gasteiger partial charge >= 0.3 is 5.69 Å². The van der Waals surface area contributed by atoms with Crippen LogP contribution in [0.15, 0.2) is 59.4 Å². The number of nitrogens with one attached hydrogen (secondary N) is 1. The summed E-state index contributed by atoms with van der Waals surface area (Å²) in [6.45, 7) is 1.56. The average molecular weight is 412 g/mol. The molecule has 0 fully saturated rings. The van der Waals surface area contributed by atoms with Crippen molar-refractivity contribution in [2.24, 2.45) is 18.7 Å². The second kappa shape index (κ2) is 6.72. The van der Waals surface area contributed by atoms with E-state index < -0.39 is 0 Å². The number of aromatic nitrogens is 5. The van der Waals surface area contributed by atoms with Crippen molar-refractivity contribution in [1.82, 2.24) is 23.9 Å². The summed E-state index contributed by atoms with van der Waals surface area (Å²) >= 11 is 0. The Morgan fingerprint density at radius 3 is 2.71 bits per heavy atom. The molecule has 5 aromatic rings. The van der Waals surface area contributed by atoms with E-state index in [0.717, 1.165) is 58.3 Å². The molecular weight excluding hydrogens is 388 g/mol. The lowest BCUT2D eigenvalue weighted by Gasteiger charge is -2.24. The van der Waals surface area contributed by atoms with Gasteiger partial charge in [-0.15, -0.1) is 0 Å². The van der Waals surface area contributed by atoms with Crippen molar-refractivity contribution in [3.63, 3.8) is 0 Å². The van der Waals surface area contributed by atoms with Crippen LogP contribution in [-0.4, -0.2) is 30.4 Å². The van der Waals surface area contributed by atoms with Gasteiger partial charge in [0.1, 0.15) is 0 Å². The van der Waals surface area contributed by atoms with Gasteiger partial charge in [-0.25, -0.2) is 14.5 Å². The highest BCUT2D eigenvalue weighted by Crippen LogP contribution is 2.36. The lowest BCUT2D eigenvalue weighted by molar-refractivity contribution is 0.401. The second-order valence-corrected chi connectivity index (χ2v) is 8.39. The topological polar surface area (TPSA) is 86.6 Å². The molecule has 0 radical (unpaired) electrons. The summed E-state index contributed by atoms with van der Waals surface area (Å²) in [5.41, 5.74) is 11.0. The lowest BCUT2D eigenvalue weighted by atomic mass is 9.95. The van der Waals surface area contributed by atoms with Crippen molar-refractivity contribution in [2.45, 2.75) is 19.4 Å². The number of nitrogens with two attached hydrogens (primary N) is 1. The fourth-order valence-electron chi connectivity index (χ4n) is 5.12. The number of rotatable bonds is 3. The highest BCUT2D eigenvalue weighted by Gasteiger charge is 2.28. The van der Waals surface area contributed by atoms with Gasteiger partial charge in [0.15, 0.2) is 5.82 Å². The molecule has 1 atom stereocenters.